The van der Waals surface area contributed by atoms with E-state index in [1.807, 2.05) is 35.2 Å². The van der Waals surface area contributed by atoms with E-state index in [1.54, 1.807) is 23.1 Å². The lowest BCUT2D eigenvalue weighted by Gasteiger charge is -2.32. The summed E-state index contributed by atoms with van der Waals surface area (Å²) in [4.78, 5) is 39.7. The summed E-state index contributed by atoms with van der Waals surface area (Å²) in [6.07, 6.45) is 4.27. The third-order valence-electron chi connectivity index (χ3n) is 8.49. The van der Waals surface area contributed by atoms with Crippen LogP contribution in [0.4, 0.5) is 25.0 Å². The number of anilines is 2. The number of hydrogen-bond acceptors (Lipinski definition) is 6. The van der Waals surface area contributed by atoms with Crippen molar-refractivity contribution < 1.29 is 27.9 Å². The highest BCUT2D eigenvalue weighted by Crippen LogP contribution is 2.31. The van der Waals surface area contributed by atoms with E-state index in [9.17, 15) is 18.8 Å². The minimum absolute atomic E-state index is 0.160. The summed E-state index contributed by atoms with van der Waals surface area (Å²) in [6, 6.07) is 17.0. The van der Waals surface area contributed by atoms with E-state index in [0.29, 0.717) is 49.4 Å². The number of fused-ring (bicyclic) bond motifs is 1. The van der Waals surface area contributed by atoms with Crippen molar-refractivity contribution in [3.05, 3.63) is 100 Å². The van der Waals surface area contributed by atoms with Gasteiger partial charge in [-0.3, -0.25) is 14.9 Å². The predicted octanol–water partition coefficient (Wildman–Crippen LogP) is 5.56. The average molecular weight is 601 g/mol. The van der Waals surface area contributed by atoms with Crippen LogP contribution in [0.15, 0.2) is 66.2 Å². The van der Waals surface area contributed by atoms with Gasteiger partial charge in [0.05, 0.1) is 12.2 Å². The van der Waals surface area contributed by atoms with Gasteiger partial charge in [-0.25, -0.2) is 13.6 Å². The first-order valence-electron chi connectivity index (χ1n) is 14.9. The summed E-state index contributed by atoms with van der Waals surface area (Å²) in [5.41, 5.74) is 5.48. The third-order valence-corrected chi connectivity index (χ3v) is 8.49. The molecule has 8 nitrogen and oxygen atoms in total. The summed E-state index contributed by atoms with van der Waals surface area (Å²) in [5, 5.41) is 5.32. The Morgan fingerprint density at radius 3 is 2.48 bits per heavy atom. The van der Waals surface area contributed by atoms with Crippen molar-refractivity contribution in [1.82, 2.24) is 10.2 Å². The van der Waals surface area contributed by atoms with Crippen molar-refractivity contribution in [2.45, 2.75) is 51.3 Å². The van der Waals surface area contributed by atoms with Crippen LogP contribution in [0, 0.1) is 11.6 Å². The number of nitrogens with one attached hydrogen (secondary N) is 2. The molecule has 10 heteroatoms. The van der Waals surface area contributed by atoms with Crippen LogP contribution in [0.2, 0.25) is 0 Å². The number of imide groups is 1. The average Bonchev–Trinajstić information content (AvgIpc) is 3.03. The fraction of sp³-hybridized carbons (Fsp3) is 0.324. The van der Waals surface area contributed by atoms with E-state index in [0.717, 1.165) is 29.5 Å². The molecule has 228 valence electrons. The van der Waals surface area contributed by atoms with Crippen molar-refractivity contribution in [2.75, 3.05) is 29.9 Å². The van der Waals surface area contributed by atoms with Crippen LogP contribution in [0.1, 0.15) is 47.9 Å². The molecule has 3 aliphatic rings. The number of nitrogens with zero attached hydrogens (tertiary/aromatic N) is 2. The van der Waals surface area contributed by atoms with E-state index >= 15 is 4.39 Å². The molecule has 44 heavy (non-hydrogen) atoms. The maximum atomic E-state index is 15.1. The molecule has 0 aliphatic carbocycles. The maximum Gasteiger partial charge on any atom is 0.410 e. The van der Waals surface area contributed by atoms with Gasteiger partial charge in [-0.05, 0) is 66.6 Å². The van der Waals surface area contributed by atoms with Gasteiger partial charge in [-0.15, -0.1) is 0 Å². The van der Waals surface area contributed by atoms with Gasteiger partial charge in [0, 0.05) is 37.3 Å². The van der Waals surface area contributed by atoms with E-state index in [4.69, 9.17) is 4.74 Å². The maximum absolute atomic E-state index is 15.1. The first-order chi connectivity index (χ1) is 21.3. The molecule has 3 aromatic carbocycles. The number of carbonyl (C=O) groups is 3. The second-order valence-corrected chi connectivity index (χ2v) is 11.4. The summed E-state index contributed by atoms with van der Waals surface area (Å²) in [5.74, 6) is -1.41. The summed E-state index contributed by atoms with van der Waals surface area (Å²) in [7, 11) is 0. The van der Waals surface area contributed by atoms with Crippen LogP contribution in [0.5, 0.6) is 0 Å². The molecule has 0 aromatic heterocycles. The van der Waals surface area contributed by atoms with Crippen LogP contribution in [-0.4, -0.2) is 48.5 Å². The van der Waals surface area contributed by atoms with E-state index in [2.05, 4.69) is 16.7 Å². The standard InChI is InChI=1S/C34H34F2N4O4/c35-28-8-6-24(26-14-17-40(20-27(26)28)34(43)44-21-23-4-2-1-3-5-23)18-22-12-15-39(16-13-22)31-10-7-25(19-29(31)36)37-30-9-11-32(41)38-33(30)42/h1-8,10,18-19,30,37H,9,11-17,20-21H2,(H,38,41,42). The van der Waals surface area contributed by atoms with Gasteiger partial charge < -0.3 is 19.9 Å². The van der Waals surface area contributed by atoms with Gasteiger partial charge in [0.2, 0.25) is 11.8 Å². The minimum atomic E-state index is -0.575. The van der Waals surface area contributed by atoms with Crippen molar-refractivity contribution in [1.29, 1.82) is 0 Å². The van der Waals surface area contributed by atoms with Crippen LogP contribution >= 0.6 is 0 Å². The summed E-state index contributed by atoms with van der Waals surface area (Å²) in [6.45, 7) is 2.04. The largest absolute Gasteiger partial charge is 0.445 e. The molecule has 1 unspecified atom stereocenters. The van der Waals surface area contributed by atoms with E-state index in [-0.39, 0.29) is 37.1 Å². The quantitative estimate of drug-likeness (QED) is 0.360. The van der Waals surface area contributed by atoms with Crippen LogP contribution in [-0.2, 0) is 33.9 Å². The van der Waals surface area contributed by atoms with Crippen LogP contribution < -0.4 is 15.5 Å². The Balaban J connectivity index is 1.07. The predicted molar refractivity (Wildman–Crippen MR) is 163 cm³/mol. The second-order valence-electron chi connectivity index (χ2n) is 11.4. The van der Waals surface area contributed by atoms with E-state index in [1.165, 1.54) is 17.7 Å². The molecule has 0 bridgehead atoms. The number of ether oxygens (including phenoxy) is 1. The number of piperidine rings is 2. The number of amides is 3. The normalized spacial score (nSPS) is 18.4. The highest BCUT2D eigenvalue weighted by atomic mass is 19.1. The second kappa shape index (κ2) is 12.9. The number of halogens is 2. The molecule has 3 amide bonds. The fourth-order valence-corrected chi connectivity index (χ4v) is 6.05. The SMILES string of the molecule is O=C1CCC(Nc2ccc(N3CCC(=Cc4ccc(F)c5c4CCN(C(=O)OCc4ccccc4)C5)CC3)c(F)c2)C(=O)N1. The summed E-state index contributed by atoms with van der Waals surface area (Å²) >= 11 is 0. The molecule has 6 rings (SSSR count). The number of benzene rings is 3. The van der Waals surface area contributed by atoms with Gasteiger partial charge in [-0.1, -0.05) is 48.0 Å². The molecular weight excluding hydrogens is 566 g/mol. The molecular formula is C34H34F2N4O4. The Kier molecular flexibility index (Phi) is 8.58. The summed E-state index contributed by atoms with van der Waals surface area (Å²) < 4.78 is 35.5. The lowest BCUT2D eigenvalue weighted by Crippen LogP contribution is -2.47. The monoisotopic (exact) mass is 600 g/mol. The van der Waals surface area contributed by atoms with E-state index < -0.39 is 18.0 Å². The van der Waals surface area contributed by atoms with Gasteiger partial charge in [-0.2, -0.15) is 0 Å². The lowest BCUT2D eigenvalue weighted by atomic mass is 9.91. The Bertz CT molecular complexity index is 1600. The first kappa shape index (κ1) is 29.3. The van der Waals surface area contributed by atoms with Gasteiger partial charge in [0.1, 0.15) is 24.3 Å². The van der Waals surface area contributed by atoms with Gasteiger partial charge in [0.25, 0.3) is 0 Å². The Morgan fingerprint density at radius 1 is 0.932 bits per heavy atom. The Hall–Kier alpha value is -4.73. The molecule has 2 saturated heterocycles. The number of hydrogen-bond donors (Lipinski definition) is 2. The van der Waals surface area contributed by atoms with Gasteiger partial charge in [0.15, 0.2) is 0 Å². The van der Waals surface area contributed by atoms with Crippen molar-refractivity contribution in [3.63, 3.8) is 0 Å². The van der Waals surface area contributed by atoms with Crippen molar-refractivity contribution in [2.24, 2.45) is 0 Å². The van der Waals surface area contributed by atoms with Crippen molar-refractivity contribution in [3.8, 4) is 0 Å². The Labute approximate surface area is 254 Å². The Morgan fingerprint density at radius 2 is 1.73 bits per heavy atom. The zero-order valence-electron chi connectivity index (χ0n) is 24.3. The lowest BCUT2D eigenvalue weighted by molar-refractivity contribution is -0.133. The number of carbonyl (C=O) groups excluding carboxylic acids is 3. The fourth-order valence-electron chi connectivity index (χ4n) is 6.05. The zero-order chi connectivity index (χ0) is 30.6. The highest BCUT2D eigenvalue weighted by Gasteiger charge is 2.28. The van der Waals surface area contributed by atoms with Gasteiger partial charge >= 0.3 is 6.09 Å². The van der Waals surface area contributed by atoms with Crippen molar-refractivity contribution >= 4 is 35.4 Å². The first-order valence-corrected chi connectivity index (χ1v) is 14.9. The molecule has 3 heterocycles. The number of rotatable bonds is 6. The molecule has 3 aromatic rings. The molecule has 3 aliphatic heterocycles. The molecule has 0 saturated carbocycles. The topological polar surface area (TPSA) is 91.0 Å². The molecule has 2 N–H and O–H groups in total. The molecule has 0 spiro atoms. The third kappa shape index (κ3) is 6.59. The molecule has 2 fully saturated rings. The smallest absolute Gasteiger partial charge is 0.410 e. The molecule has 1 atom stereocenters. The minimum Gasteiger partial charge on any atom is -0.445 e. The zero-order valence-corrected chi connectivity index (χ0v) is 24.3. The van der Waals surface area contributed by atoms with Crippen LogP contribution in [0.3, 0.4) is 0 Å². The van der Waals surface area contributed by atoms with Crippen LogP contribution in [0.25, 0.3) is 6.08 Å². The molecule has 0 radical (unpaired) electrons. The highest BCUT2D eigenvalue weighted by molar-refractivity contribution is 6.01.